The monoisotopic (exact) mass is 479 g/mol. The van der Waals surface area contributed by atoms with Crippen LogP contribution < -0.4 is 0 Å². The Bertz CT molecular complexity index is 1240. The fourth-order valence-corrected chi connectivity index (χ4v) is 5.21. The van der Waals surface area contributed by atoms with Crippen LogP contribution in [-0.2, 0) is 16.0 Å². The first-order chi connectivity index (χ1) is 16.7. The minimum absolute atomic E-state index is 0.0643. The normalized spacial score (nSPS) is 24.3. The summed E-state index contributed by atoms with van der Waals surface area (Å²) >= 11 is 6.12. The van der Waals surface area contributed by atoms with Crippen molar-refractivity contribution in [3.8, 4) is 11.3 Å². The van der Waals surface area contributed by atoms with Crippen LogP contribution in [0, 0.1) is 5.92 Å². The summed E-state index contributed by atoms with van der Waals surface area (Å²) < 4.78 is 13.5. The van der Waals surface area contributed by atoms with Gasteiger partial charge in [0, 0.05) is 55.4 Å². The molecule has 0 N–H and O–H groups in total. The molecule has 3 saturated heterocycles. The molecule has 6 rings (SSSR count). The minimum atomic E-state index is -0.173. The maximum Gasteiger partial charge on any atom is 0.343 e. The third kappa shape index (κ3) is 4.11. The maximum atomic E-state index is 12.6. The van der Waals surface area contributed by atoms with Gasteiger partial charge in [0.2, 0.25) is 0 Å². The number of carbonyl (C=O) groups is 1. The predicted molar refractivity (Wildman–Crippen MR) is 129 cm³/mol. The first-order valence-corrected chi connectivity index (χ1v) is 12.0. The summed E-state index contributed by atoms with van der Waals surface area (Å²) in [4.78, 5) is 26.2. The molecule has 34 heavy (non-hydrogen) atoms. The Kier molecular flexibility index (Phi) is 5.82. The molecule has 176 valence electrons. The van der Waals surface area contributed by atoms with Crippen LogP contribution in [0.1, 0.15) is 5.69 Å². The minimum Gasteiger partial charge on any atom is -0.378 e. The molecule has 3 aliphatic heterocycles. The third-order valence-electron chi connectivity index (χ3n) is 6.86. The van der Waals surface area contributed by atoms with Crippen molar-refractivity contribution in [1.29, 1.82) is 0 Å². The van der Waals surface area contributed by atoms with Gasteiger partial charge in [0.15, 0.2) is 0 Å². The Balaban J connectivity index is 1.23. The number of likely N-dealkylation sites (tertiary alicyclic amines) is 1. The van der Waals surface area contributed by atoms with E-state index in [1.165, 1.54) is 0 Å². The number of imidazole rings is 1. The number of nitrogens with zero attached hydrogens (tertiary/aromatic N) is 5. The van der Waals surface area contributed by atoms with Gasteiger partial charge in [-0.15, -0.1) is 0 Å². The van der Waals surface area contributed by atoms with Gasteiger partial charge in [0.1, 0.15) is 5.65 Å². The van der Waals surface area contributed by atoms with Crippen LogP contribution in [0.25, 0.3) is 16.9 Å². The summed E-state index contributed by atoms with van der Waals surface area (Å²) in [5, 5.41) is 0.706. The van der Waals surface area contributed by atoms with Crippen molar-refractivity contribution in [2.45, 2.75) is 12.6 Å². The highest BCUT2D eigenvalue weighted by Crippen LogP contribution is 2.32. The predicted octanol–water partition coefficient (Wildman–Crippen LogP) is 3.38. The standard InChI is InChI=1S/C25H26ClN5O3/c26-18-6-4-17(5-7-18)24-21(31-8-2-1-3-23(31)28-24)14-29-13-19-20(16-34-22(19)15-29)27-25(32)30-9-11-33-12-10-30/h1-8,19,22H,9-16H2/b27-20+. The number of ether oxygens (including phenoxy) is 2. The number of pyridine rings is 1. The molecular weight excluding hydrogens is 454 g/mol. The summed E-state index contributed by atoms with van der Waals surface area (Å²) in [6.45, 7) is 5.10. The number of rotatable bonds is 3. The molecule has 0 spiro atoms. The van der Waals surface area contributed by atoms with Crippen molar-refractivity contribution in [2.75, 3.05) is 46.0 Å². The SMILES string of the molecule is O=C(/N=C1\COC2CN(Cc3c(-c4ccc(Cl)cc4)nc4ccccn34)CC12)N1CCOCC1. The highest BCUT2D eigenvalue weighted by atomic mass is 35.5. The van der Waals surface area contributed by atoms with Gasteiger partial charge in [-0.1, -0.05) is 29.8 Å². The third-order valence-corrected chi connectivity index (χ3v) is 7.11. The molecule has 8 nitrogen and oxygen atoms in total. The highest BCUT2D eigenvalue weighted by Gasteiger charge is 2.42. The van der Waals surface area contributed by atoms with Crippen LogP contribution in [0.3, 0.4) is 0 Å². The fourth-order valence-electron chi connectivity index (χ4n) is 5.08. The van der Waals surface area contributed by atoms with Crippen molar-refractivity contribution in [2.24, 2.45) is 10.9 Å². The van der Waals surface area contributed by atoms with Crippen LogP contribution in [0.4, 0.5) is 4.79 Å². The summed E-state index contributed by atoms with van der Waals surface area (Å²) in [7, 11) is 0. The zero-order valence-electron chi connectivity index (χ0n) is 18.8. The second-order valence-electron chi connectivity index (χ2n) is 8.98. The van der Waals surface area contributed by atoms with Crippen LogP contribution in [-0.4, -0.2) is 83.0 Å². The Labute approximate surface area is 202 Å². The molecule has 0 aliphatic carbocycles. The maximum absolute atomic E-state index is 12.6. The van der Waals surface area contributed by atoms with E-state index in [4.69, 9.17) is 26.1 Å². The molecule has 1 aromatic carbocycles. The van der Waals surface area contributed by atoms with Gasteiger partial charge in [-0.25, -0.2) is 9.78 Å². The number of amides is 2. The van der Waals surface area contributed by atoms with E-state index in [-0.39, 0.29) is 18.1 Å². The van der Waals surface area contributed by atoms with Gasteiger partial charge in [-0.3, -0.25) is 4.90 Å². The smallest absolute Gasteiger partial charge is 0.343 e. The molecule has 2 amide bonds. The molecule has 2 unspecified atom stereocenters. The van der Waals surface area contributed by atoms with Gasteiger partial charge in [-0.05, 0) is 24.3 Å². The van der Waals surface area contributed by atoms with Crippen molar-refractivity contribution in [1.82, 2.24) is 19.2 Å². The number of halogens is 1. The lowest BCUT2D eigenvalue weighted by molar-refractivity contribution is 0.0555. The topological polar surface area (TPSA) is 71.7 Å². The van der Waals surface area contributed by atoms with Crippen molar-refractivity contribution >= 4 is 29.0 Å². The molecule has 3 fully saturated rings. The summed E-state index contributed by atoms with van der Waals surface area (Å²) in [5.74, 6) is 0.142. The largest absolute Gasteiger partial charge is 0.378 e. The van der Waals surface area contributed by atoms with E-state index in [9.17, 15) is 4.79 Å². The lowest BCUT2D eigenvalue weighted by Gasteiger charge is -2.25. The molecule has 0 radical (unpaired) electrons. The quantitative estimate of drug-likeness (QED) is 0.576. The number of hydrogen-bond donors (Lipinski definition) is 0. The number of fused-ring (bicyclic) bond motifs is 2. The summed E-state index contributed by atoms with van der Waals surface area (Å²) in [5.41, 5.74) is 4.90. The van der Waals surface area contributed by atoms with Crippen molar-refractivity contribution in [3.63, 3.8) is 0 Å². The molecule has 9 heteroatoms. The molecule has 5 heterocycles. The van der Waals surface area contributed by atoms with E-state index in [1.54, 1.807) is 4.90 Å². The lowest BCUT2D eigenvalue weighted by Crippen LogP contribution is -2.39. The van der Waals surface area contributed by atoms with E-state index >= 15 is 0 Å². The summed E-state index contributed by atoms with van der Waals surface area (Å²) in [6.07, 6.45) is 2.12. The number of hydrogen-bond acceptors (Lipinski definition) is 5. The molecule has 3 aromatic rings. The number of aliphatic imine (C=N–C) groups is 1. The van der Waals surface area contributed by atoms with Crippen LogP contribution >= 0.6 is 11.6 Å². The highest BCUT2D eigenvalue weighted by molar-refractivity contribution is 6.30. The second-order valence-corrected chi connectivity index (χ2v) is 9.41. The first kappa shape index (κ1) is 21.7. The zero-order valence-corrected chi connectivity index (χ0v) is 19.5. The Morgan fingerprint density at radius 1 is 1.12 bits per heavy atom. The van der Waals surface area contributed by atoms with E-state index in [0.717, 1.165) is 47.9 Å². The molecular formula is C25H26ClN5O3. The van der Waals surface area contributed by atoms with E-state index in [1.807, 2.05) is 42.5 Å². The average molecular weight is 480 g/mol. The van der Waals surface area contributed by atoms with Crippen molar-refractivity contribution in [3.05, 3.63) is 59.4 Å². The van der Waals surface area contributed by atoms with E-state index in [2.05, 4.69) is 20.5 Å². The number of urea groups is 1. The molecule has 0 saturated carbocycles. The van der Waals surface area contributed by atoms with Crippen LogP contribution in [0.2, 0.25) is 5.02 Å². The van der Waals surface area contributed by atoms with E-state index < -0.39 is 0 Å². The van der Waals surface area contributed by atoms with Crippen LogP contribution in [0.15, 0.2) is 53.7 Å². The number of benzene rings is 1. The average Bonchev–Trinajstić information content (AvgIpc) is 3.54. The van der Waals surface area contributed by atoms with Gasteiger partial charge in [-0.2, -0.15) is 4.99 Å². The van der Waals surface area contributed by atoms with Gasteiger partial charge in [0.05, 0.1) is 43.0 Å². The number of morpholine rings is 1. The van der Waals surface area contributed by atoms with Crippen LogP contribution in [0.5, 0.6) is 0 Å². The van der Waals surface area contributed by atoms with Gasteiger partial charge in [0.25, 0.3) is 0 Å². The molecule has 2 atom stereocenters. The van der Waals surface area contributed by atoms with Crippen molar-refractivity contribution < 1.29 is 14.3 Å². The molecule has 3 aliphatic rings. The number of carbonyl (C=O) groups excluding carboxylic acids is 1. The fraction of sp³-hybridized carbons (Fsp3) is 0.400. The zero-order chi connectivity index (χ0) is 23.1. The van der Waals surface area contributed by atoms with E-state index in [0.29, 0.717) is 37.9 Å². The van der Waals surface area contributed by atoms with Gasteiger partial charge >= 0.3 is 6.03 Å². The number of aromatic nitrogens is 2. The summed E-state index contributed by atoms with van der Waals surface area (Å²) in [6, 6.07) is 13.7. The first-order valence-electron chi connectivity index (χ1n) is 11.7. The lowest BCUT2D eigenvalue weighted by atomic mass is 10.0. The Hall–Kier alpha value is -2.78. The Morgan fingerprint density at radius 2 is 1.94 bits per heavy atom. The second kappa shape index (κ2) is 9.11. The Morgan fingerprint density at radius 3 is 2.76 bits per heavy atom. The van der Waals surface area contributed by atoms with Gasteiger partial charge < -0.3 is 18.8 Å². The molecule has 2 aromatic heterocycles. The molecule has 0 bridgehead atoms.